The number of sulfone groups is 1. The van der Waals surface area contributed by atoms with Crippen LogP contribution in [0.15, 0.2) is 41.6 Å². The zero-order valence-electron chi connectivity index (χ0n) is 22.1. The van der Waals surface area contributed by atoms with Crippen LogP contribution in [0.5, 0.6) is 0 Å². The average molecular weight is 568 g/mol. The van der Waals surface area contributed by atoms with Crippen molar-refractivity contribution in [2.24, 2.45) is 5.41 Å². The van der Waals surface area contributed by atoms with Crippen molar-refractivity contribution in [3.8, 4) is 0 Å². The van der Waals surface area contributed by atoms with Gasteiger partial charge < -0.3 is 14.5 Å². The van der Waals surface area contributed by atoms with Crippen LogP contribution in [-0.4, -0.2) is 84.9 Å². The number of carbonyl (C=O) groups excluding carboxylic acids is 1. The lowest BCUT2D eigenvalue weighted by atomic mass is 9.61. The van der Waals surface area contributed by atoms with E-state index in [9.17, 15) is 26.4 Å². The van der Waals surface area contributed by atoms with Crippen molar-refractivity contribution in [1.82, 2.24) is 19.8 Å². The summed E-state index contributed by atoms with van der Waals surface area (Å²) in [6, 6.07) is 6.55. The second-order valence-electron chi connectivity index (χ2n) is 11.2. The molecular formula is C26H32F3N5O4S. The summed E-state index contributed by atoms with van der Waals surface area (Å²) >= 11 is 0. The van der Waals surface area contributed by atoms with Gasteiger partial charge in [-0.05, 0) is 44.4 Å². The fourth-order valence-corrected chi connectivity index (χ4v) is 6.48. The second kappa shape index (κ2) is 9.92. The van der Waals surface area contributed by atoms with Crippen molar-refractivity contribution in [3.63, 3.8) is 0 Å². The summed E-state index contributed by atoms with van der Waals surface area (Å²) < 4.78 is 67.6. The van der Waals surface area contributed by atoms with E-state index in [1.807, 2.05) is 30.9 Å². The number of rotatable bonds is 5. The Balaban J connectivity index is 1.07. The van der Waals surface area contributed by atoms with Crippen molar-refractivity contribution in [1.29, 1.82) is 0 Å². The first-order chi connectivity index (χ1) is 18.2. The molecule has 0 N–H and O–H groups in total. The molecular weight excluding hydrogens is 535 g/mol. The summed E-state index contributed by atoms with van der Waals surface area (Å²) in [5.74, 6) is 0.206. The fourth-order valence-electron chi connectivity index (χ4n) is 5.85. The lowest BCUT2D eigenvalue weighted by Gasteiger charge is -2.58. The van der Waals surface area contributed by atoms with Crippen LogP contribution in [0.1, 0.15) is 37.8 Å². The summed E-state index contributed by atoms with van der Waals surface area (Å²) in [6.07, 6.45) is -0.619. The van der Waals surface area contributed by atoms with Gasteiger partial charge in [0.05, 0.1) is 10.5 Å². The molecule has 1 aromatic carbocycles. The Hall–Kier alpha value is -2.93. The Bertz CT molecular complexity index is 1310. The van der Waals surface area contributed by atoms with Crippen LogP contribution in [0.2, 0.25) is 0 Å². The molecule has 1 amide bonds. The number of carbonyl (C=O) groups is 1. The van der Waals surface area contributed by atoms with Crippen LogP contribution >= 0.6 is 0 Å². The number of ether oxygens (including phenoxy) is 1. The van der Waals surface area contributed by atoms with Gasteiger partial charge in [0, 0.05) is 68.9 Å². The largest absolute Gasteiger partial charge is 0.446 e. The van der Waals surface area contributed by atoms with Gasteiger partial charge in [-0.25, -0.2) is 23.2 Å². The second-order valence-corrected chi connectivity index (χ2v) is 13.3. The van der Waals surface area contributed by atoms with Crippen LogP contribution in [0.3, 0.4) is 0 Å². The van der Waals surface area contributed by atoms with E-state index in [-0.39, 0.29) is 35.6 Å². The average Bonchev–Trinajstić information content (AvgIpc) is 2.81. The van der Waals surface area contributed by atoms with E-state index in [2.05, 4.69) is 14.9 Å². The molecule has 39 heavy (non-hydrogen) atoms. The molecule has 13 heteroatoms. The molecule has 2 aromatic rings. The molecule has 1 spiro atoms. The third-order valence-electron chi connectivity index (χ3n) is 7.91. The SMILES string of the molecule is CC1CN(c2ncc(C(F)(F)F)cn2)C(C)CN1C(=O)OC1CC2(C1)CN(Cc1ccc(S(C)(=O)=O)cc1)C2. The lowest BCUT2D eigenvalue weighted by molar-refractivity contribution is -0.138. The lowest BCUT2D eigenvalue weighted by Crippen LogP contribution is -2.64. The quantitative estimate of drug-likeness (QED) is 0.541. The maximum atomic E-state index is 13.0. The van der Waals surface area contributed by atoms with Gasteiger partial charge in [-0.15, -0.1) is 0 Å². The van der Waals surface area contributed by atoms with Gasteiger partial charge in [0.25, 0.3) is 0 Å². The highest BCUT2D eigenvalue weighted by molar-refractivity contribution is 7.90. The first-order valence-corrected chi connectivity index (χ1v) is 14.8. The molecule has 3 fully saturated rings. The van der Waals surface area contributed by atoms with E-state index >= 15 is 0 Å². The number of aromatic nitrogens is 2. The minimum atomic E-state index is -4.49. The zero-order chi connectivity index (χ0) is 28.2. The Labute approximate surface area is 225 Å². The van der Waals surface area contributed by atoms with Crippen molar-refractivity contribution in [3.05, 3.63) is 47.8 Å². The number of amides is 1. The van der Waals surface area contributed by atoms with Crippen LogP contribution in [0.25, 0.3) is 0 Å². The molecule has 0 bridgehead atoms. The molecule has 2 saturated heterocycles. The molecule has 1 saturated carbocycles. The maximum absolute atomic E-state index is 13.0. The third kappa shape index (κ3) is 5.84. The van der Waals surface area contributed by atoms with Gasteiger partial charge >= 0.3 is 12.3 Å². The van der Waals surface area contributed by atoms with E-state index in [1.54, 1.807) is 17.0 Å². The van der Waals surface area contributed by atoms with Crippen molar-refractivity contribution >= 4 is 21.9 Å². The van der Waals surface area contributed by atoms with Crippen LogP contribution in [-0.2, 0) is 27.3 Å². The molecule has 1 aromatic heterocycles. The number of anilines is 1. The number of hydrogen-bond acceptors (Lipinski definition) is 8. The van der Waals surface area contributed by atoms with Crippen LogP contribution in [0.4, 0.5) is 23.9 Å². The smallest absolute Gasteiger partial charge is 0.419 e. The zero-order valence-corrected chi connectivity index (χ0v) is 22.9. The number of likely N-dealkylation sites (tertiary alicyclic amines) is 1. The molecule has 212 valence electrons. The van der Waals surface area contributed by atoms with Gasteiger partial charge in [0.2, 0.25) is 5.95 Å². The highest BCUT2D eigenvalue weighted by Gasteiger charge is 2.54. The topological polar surface area (TPSA) is 95.9 Å². The molecule has 3 aliphatic rings. The van der Waals surface area contributed by atoms with E-state index < -0.39 is 21.6 Å². The van der Waals surface area contributed by atoms with Gasteiger partial charge in [0.15, 0.2) is 9.84 Å². The Morgan fingerprint density at radius 3 is 2.23 bits per heavy atom. The van der Waals surface area contributed by atoms with Gasteiger partial charge in [0.1, 0.15) is 6.10 Å². The van der Waals surface area contributed by atoms with Crippen molar-refractivity contribution in [2.45, 2.75) is 62.5 Å². The number of nitrogens with zero attached hydrogens (tertiary/aromatic N) is 5. The predicted molar refractivity (Wildman–Crippen MR) is 137 cm³/mol. The molecule has 0 radical (unpaired) electrons. The molecule has 1 aliphatic carbocycles. The maximum Gasteiger partial charge on any atom is 0.419 e. The predicted octanol–water partition coefficient (Wildman–Crippen LogP) is 3.60. The summed E-state index contributed by atoms with van der Waals surface area (Å²) in [7, 11) is -3.21. The van der Waals surface area contributed by atoms with E-state index in [1.165, 1.54) is 6.26 Å². The molecule has 2 atom stereocenters. The number of piperazine rings is 1. The highest BCUT2D eigenvalue weighted by Crippen LogP contribution is 2.50. The number of halogens is 3. The van der Waals surface area contributed by atoms with Crippen LogP contribution < -0.4 is 4.90 Å². The van der Waals surface area contributed by atoms with E-state index in [4.69, 9.17) is 4.74 Å². The van der Waals surface area contributed by atoms with Gasteiger partial charge in [-0.1, -0.05) is 12.1 Å². The summed E-state index contributed by atoms with van der Waals surface area (Å²) in [6.45, 7) is 7.06. The minimum absolute atomic E-state index is 0.132. The van der Waals surface area contributed by atoms with E-state index in [0.29, 0.717) is 18.0 Å². The number of alkyl halides is 3. The third-order valence-corrected chi connectivity index (χ3v) is 9.04. The minimum Gasteiger partial charge on any atom is -0.446 e. The number of benzene rings is 1. The van der Waals surface area contributed by atoms with Crippen molar-refractivity contribution in [2.75, 3.05) is 37.3 Å². The molecule has 3 heterocycles. The summed E-state index contributed by atoms with van der Waals surface area (Å²) in [5.41, 5.74) is 0.323. The Morgan fingerprint density at radius 2 is 1.67 bits per heavy atom. The van der Waals surface area contributed by atoms with Crippen molar-refractivity contribution < 1.29 is 31.1 Å². The van der Waals surface area contributed by atoms with Gasteiger partial charge in [-0.3, -0.25) is 4.90 Å². The van der Waals surface area contributed by atoms with Crippen LogP contribution in [0, 0.1) is 5.41 Å². The number of hydrogen-bond donors (Lipinski definition) is 0. The summed E-state index contributed by atoms with van der Waals surface area (Å²) in [4.78, 5) is 26.9. The Kier molecular flexibility index (Phi) is 7.03. The molecule has 2 aliphatic heterocycles. The first-order valence-electron chi connectivity index (χ1n) is 12.9. The first kappa shape index (κ1) is 27.6. The Morgan fingerprint density at radius 1 is 1.05 bits per heavy atom. The standard InChI is InChI=1S/C26H32F3N5O4S/c1-17-13-34(18(2)12-33(17)23-30-10-20(11-31-23)26(27,28)29)24(35)38-21-8-25(9-21)15-32(16-25)14-19-4-6-22(7-5-19)39(3,36)37/h4-7,10-11,17-18,21H,8-9,12-16H2,1-3H3. The molecule has 9 nitrogen and oxygen atoms in total. The fraction of sp³-hybridized carbons (Fsp3) is 0.577. The molecule has 2 unspecified atom stereocenters. The normalized spacial score (nSPS) is 23.8. The summed E-state index contributed by atoms with van der Waals surface area (Å²) in [5, 5.41) is 0. The molecule has 5 rings (SSSR count). The monoisotopic (exact) mass is 567 g/mol. The van der Waals surface area contributed by atoms with E-state index in [0.717, 1.165) is 50.4 Å². The van der Waals surface area contributed by atoms with Gasteiger partial charge in [-0.2, -0.15) is 13.2 Å². The highest BCUT2D eigenvalue weighted by atomic mass is 32.2.